The Kier molecular flexibility index (Phi) is 38.4. The van der Waals surface area contributed by atoms with Crippen molar-refractivity contribution in [2.75, 3.05) is 13.2 Å². The molecule has 51 heavy (non-hydrogen) atoms. The molecule has 0 heterocycles. The van der Waals surface area contributed by atoms with Gasteiger partial charge in [-0.25, -0.2) is 0 Å². The van der Waals surface area contributed by atoms with Crippen LogP contribution in [0.25, 0.3) is 0 Å². The minimum absolute atomic E-state index is 0.0644. The summed E-state index contributed by atoms with van der Waals surface area (Å²) in [5, 5.41) is 0. The molecule has 0 bridgehead atoms. The molecule has 0 saturated heterocycles. The van der Waals surface area contributed by atoms with Crippen molar-refractivity contribution in [3.63, 3.8) is 0 Å². The first-order chi connectivity index (χ1) is 24.9. The number of unbranched alkanes of at least 4 members (excludes halogenated alkanes) is 27. The van der Waals surface area contributed by atoms with E-state index in [4.69, 9.17) is 14.2 Å². The average Bonchev–Trinajstić information content (AvgIpc) is 3.11. The summed E-state index contributed by atoms with van der Waals surface area (Å²) in [5.41, 5.74) is 0. The van der Waals surface area contributed by atoms with Crippen LogP contribution in [-0.2, 0) is 28.6 Å². The van der Waals surface area contributed by atoms with E-state index < -0.39 is 6.10 Å². The number of hydrogen-bond acceptors (Lipinski definition) is 6. The molecule has 0 fully saturated rings. The van der Waals surface area contributed by atoms with E-state index in [0.717, 1.165) is 63.7 Å². The van der Waals surface area contributed by atoms with E-state index in [9.17, 15) is 14.4 Å². The first-order valence-electron chi connectivity index (χ1n) is 22.4. The summed E-state index contributed by atoms with van der Waals surface area (Å²) >= 11 is 0. The van der Waals surface area contributed by atoms with Crippen LogP contribution < -0.4 is 0 Å². The van der Waals surface area contributed by atoms with Gasteiger partial charge in [0, 0.05) is 19.3 Å². The van der Waals surface area contributed by atoms with Crippen LogP contribution in [0.5, 0.6) is 0 Å². The summed E-state index contributed by atoms with van der Waals surface area (Å²) < 4.78 is 16.7. The third-order valence-corrected chi connectivity index (χ3v) is 10.0. The van der Waals surface area contributed by atoms with Gasteiger partial charge < -0.3 is 14.2 Å². The zero-order chi connectivity index (χ0) is 37.5. The summed E-state index contributed by atoms with van der Waals surface area (Å²) in [6.07, 6.45) is 38.1. The molecule has 0 aliphatic rings. The Morgan fingerprint density at radius 3 is 0.961 bits per heavy atom. The minimum Gasteiger partial charge on any atom is -0.462 e. The van der Waals surface area contributed by atoms with E-state index >= 15 is 0 Å². The predicted molar refractivity (Wildman–Crippen MR) is 215 cm³/mol. The van der Waals surface area contributed by atoms with Crippen molar-refractivity contribution in [3.8, 4) is 0 Å². The van der Waals surface area contributed by atoms with E-state index in [1.165, 1.54) is 141 Å². The maximum Gasteiger partial charge on any atom is 0.306 e. The van der Waals surface area contributed by atoms with Crippen LogP contribution in [0.4, 0.5) is 0 Å². The predicted octanol–water partition coefficient (Wildman–Crippen LogP) is 13.9. The summed E-state index contributed by atoms with van der Waals surface area (Å²) in [6, 6.07) is 0. The van der Waals surface area contributed by atoms with Gasteiger partial charge in [-0.05, 0) is 25.2 Å². The fourth-order valence-corrected chi connectivity index (χ4v) is 6.63. The lowest BCUT2D eigenvalue weighted by molar-refractivity contribution is -0.167. The lowest BCUT2D eigenvalue weighted by Crippen LogP contribution is -2.30. The van der Waals surface area contributed by atoms with Crippen LogP contribution in [0.2, 0.25) is 0 Å². The standard InChI is InChI=1S/C45H86O6/c1-5-7-9-11-13-14-15-16-17-22-26-30-34-38-45(48)51-42(39-49-43(46)36-32-28-23-12-10-8-6-2)40-50-44(47)37-33-29-25-21-19-18-20-24-27-31-35-41(3)4/h41-42H,5-40H2,1-4H3/t42-/m0/s1. The van der Waals surface area contributed by atoms with E-state index in [-0.39, 0.29) is 31.1 Å². The van der Waals surface area contributed by atoms with Gasteiger partial charge in [0.15, 0.2) is 6.10 Å². The second-order valence-electron chi connectivity index (χ2n) is 15.8. The molecule has 6 nitrogen and oxygen atoms in total. The molecule has 0 spiro atoms. The fraction of sp³-hybridized carbons (Fsp3) is 0.933. The molecule has 0 aliphatic carbocycles. The first-order valence-corrected chi connectivity index (χ1v) is 22.4. The van der Waals surface area contributed by atoms with Crippen LogP contribution in [0.1, 0.15) is 246 Å². The molecule has 0 amide bonds. The Morgan fingerprint density at radius 1 is 0.373 bits per heavy atom. The van der Waals surface area contributed by atoms with E-state index in [2.05, 4.69) is 27.7 Å². The number of ether oxygens (including phenoxy) is 3. The lowest BCUT2D eigenvalue weighted by atomic mass is 10.0. The van der Waals surface area contributed by atoms with Gasteiger partial charge in [-0.15, -0.1) is 0 Å². The van der Waals surface area contributed by atoms with Gasteiger partial charge in [0.1, 0.15) is 13.2 Å². The van der Waals surface area contributed by atoms with Crippen molar-refractivity contribution in [2.45, 2.75) is 252 Å². The topological polar surface area (TPSA) is 78.9 Å². The van der Waals surface area contributed by atoms with Crippen LogP contribution >= 0.6 is 0 Å². The number of hydrogen-bond donors (Lipinski definition) is 0. The highest BCUT2D eigenvalue weighted by Gasteiger charge is 2.19. The Bertz CT molecular complexity index is 766. The zero-order valence-corrected chi connectivity index (χ0v) is 34.6. The van der Waals surface area contributed by atoms with Gasteiger partial charge in [-0.1, -0.05) is 207 Å². The quantitative estimate of drug-likeness (QED) is 0.0356. The molecule has 0 unspecified atom stereocenters. The summed E-state index contributed by atoms with van der Waals surface area (Å²) in [7, 11) is 0. The SMILES string of the molecule is CCCCCCCCCCCCCCCC(=O)O[C@@H](COC(=O)CCCCCCCCC)COC(=O)CCCCCCCCCCCCC(C)C. The highest BCUT2D eigenvalue weighted by Crippen LogP contribution is 2.16. The summed E-state index contributed by atoms with van der Waals surface area (Å²) in [4.78, 5) is 37.5. The first kappa shape index (κ1) is 49.4. The normalized spacial score (nSPS) is 11.9. The van der Waals surface area contributed by atoms with Crippen LogP contribution in [0, 0.1) is 5.92 Å². The maximum atomic E-state index is 12.7. The summed E-state index contributed by atoms with van der Waals surface area (Å²) in [6.45, 7) is 8.94. The van der Waals surface area contributed by atoms with Gasteiger partial charge in [0.05, 0.1) is 0 Å². The van der Waals surface area contributed by atoms with Crippen molar-refractivity contribution >= 4 is 17.9 Å². The third-order valence-electron chi connectivity index (χ3n) is 10.0. The third kappa shape index (κ3) is 39.5. The van der Waals surface area contributed by atoms with Crippen LogP contribution in [0.15, 0.2) is 0 Å². The smallest absolute Gasteiger partial charge is 0.306 e. The highest BCUT2D eigenvalue weighted by atomic mass is 16.6. The molecule has 302 valence electrons. The zero-order valence-electron chi connectivity index (χ0n) is 34.6. The highest BCUT2D eigenvalue weighted by molar-refractivity contribution is 5.71. The molecule has 0 aliphatic heterocycles. The largest absolute Gasteiger partial charge is 0.462 e. The van der Waals surface area contributed by atoms with Crippen LogP contribution in [-0.4, -0.2) is 37.2 Å². The molecule has 0 aromatic carbocycles. The molecule has 0 N–H and O–H groups in total. The van der Waals surface area contributed by atoms with E-state index in [1.54, 1.807) is 0 Å². The molecule has 0 saturated carbocycles. The van der Waals surface area contributed by atoms with Crippen molar-refractivity contribution in [3.05, 3.63) is 0 Å². The van der Waals surface area contributed by atoms with E-state index in [0.29, 0.717) is 19.3 Å². The van der Waals surface area contributed by atoms with Gasteiger partial charge in [0.2, 0.25) is 0 Å². The number of carbonyl (C=O) groups is 3. The summed E-state index contributed by atoms with van der Waals surface area (Å²) in [5.74, 6) is -0.0429. The van der Waals surface area contributed by atoms with Crippen LogP contribution in [0.3, 0.4) is 0 Å². The number of esters is 3. The van der Waals surface area contributed by atoms with Crippen molar-refractivity contribution in [1.29, 1.82) is 0 Å². The molecular weight excluding hydrogens is 636 g/mol. The van der Waals surface area contributed by atoms with Crippen molar-refractivity contribution in [2.24, 2.45) is 5.92 Å². The van der Waals surface area contributed by atoms with Crippen molar-refractivity contribution < 1.29 is 28.6 Å². The monoisotopic (exact) mass is 723 g/mol. The molecule has 0 rings (SSSR count). The number of carbonyl (C=O) groups excluding carboxylic acids is 3. The molecule has 0 aromatic rings. The fourth-order valence-electron chi connectivity index (χ4n) is 6.63. The number of rotatable bonds is 40. The minimum atomic E-state index is -0.758. The van der Waals surface area contributed by atoms with Gasteiger partial charge in [-0.2, -0.15) is 0 Å². The second-order valence-corrected chi connectivity index (χ2v) is 15.8. The van der Waals surface area contributed by atoms with Gasteiger partial charge in [0.25, 0.3) is 0 Å². The molecule has 0 radical (unpaired) electrons. The van der Waals surface area contributed by atoms with Gasteiger partial charge >= 0.3 is 17.9 Å². The second kappa shape index (κ2) is 39.6. The van der Waals surface area contributed by atoms with E-state index in [1.807, 2.05) is 0 Å². The molecular formula is C45H86O6. The Labute approximate surface area is 317 Å². The molecule has 1 atom stereocenters. The maximum absolute atomic E-state index is 12.7. The lowest BCUT2D eigenvalue weighted by Gasteiger charge is -2.18. The Hall–Kier alpha value is -1.59. The molecule has 0 aromatic heterocycles. The van der Waals surface area contributed by atoms with Gasteiger partial charge in [-0.3, -0.25) is 14.4 Å². The Morgan fingerprint density at radius 2 is 0.647 bits per heavy atom. The van der Waals surface area contributed by atoms with Crippen molar-refractivity contribution in [1.82, 2.24) is 0 Å². The molecule has 6 heteroatoms. The average molecular weight is 723 g/mol. The Balaban J connectivity index is 4.28.